The van der Waals surface area contributed by atoms with Crippen LogP contribution in [-0.4, -0.2) is 30.8 Å². The van der Waals surface area contributed by atoms with Gasteiger partial charge in [0.2, 0.25) is 0 Å². The summed E-state index contributed by atoms with van der Waals surface area (Å²) in [5, 5.41) is 0.0367. The number of hydrogen-bond acceptors (Lipinski definition) is 3. The number of nitrogens with zero attached hydrogens (tertiary/aromatic N) is 2. The van der Waals surface area contributed by atoms with Crippen LogP contribution in [0.25, 0.3) is 0 Å². The highest BCUT2D eigenvalue weighted by atomic mass is 35.5. The van der Waals surface area contributed by atoms with E-state index in [0.717, 1.165) is 25.1 Å². The number of pyridine rings is 1. The second-order valence-corrected chi connectivity index (χ2v) is 5.08. The van der Waals surface area contributed by atoms with Crippen LogP contribution in [0.3, 0.4) is 0 Å². The molecular formula is C13H16ClF3N2O. The summed E-state index contributed by atoms with van der Waals surface area (Å²) in [5.41, 5.74) is -0.824. The van der Waals surface area contributed by atoms with Crippen molar-refractivity contribution in [3.8, 4) is 0 Å². The van der Waals surface area contributed by atoms with E-state index in [2.05, 4.69) is 4.98 Å². The molecule has 0 aromatic carbocycles. The SMILES string of the molecule is CCOC1CCN(c2ncc(C(F)(F)F)cc2Cl)CC1. The van der Waals surface area contributed by atoms with Gasteiger partial charge >= 0.3 is 6.18 Å². The van der Waals surface area contributed by atoms with Crippen LogP contribution in [0.5, 0.6) is 0 Å². The fourth-order valence-electron chi connectivity index (χ4n) is 2.29. The third-order valence-electron chi connectivity index (χ3n) is 3.29. The first kappa shape index (κ1) is 15.4. The monoisotopic (exact) mass is 308 g/mol. The van der Waals surface area contributed by atoms with Crippen LogP contribution in [0.15, 0.2) is 12.3 Å². The lowest BCUT2D eigenvalue weighted by atomic mass is 10.1. The van der Waals surface area contributed by atoms with Crippen LogP contribution >= 0.6 is 11.6 Å². The lowest BCUT2D eigenvalue weighted by Crippen LogP contribution is -2.37. The van der Waals surface area contributed by atoms with E-state index in [1.54, 1.807) is 0 Å². The Morgan fingerprint density at radius 2 is 2.05 bits per heavy atom. The van der Waals surface area contributed by atoms with Crippen molar-refractivity contribution >= 4 is 17.4 Å². The van der Waals surface area contributed by atoms with Crippen molar-refractivity contribution in [3.05, 3.63) is 22.8 Å². The molecule has 0 amide bonds. The van der Waals surface area contributed by atoms with Gasteiger partial charge in [0.15, 0.2) is 0 Å². The third kappa shape index (κ3) is 3.55. The molecule has 1 aromatic heterocycles. The maximum Gasteiger partial charge on any atom is 0.417 e. The molecule has 0 atom stereocenters. The van der Waals surface area contributed by atoms with Gasteiger partial charge in [0.1, 0.15) is 5.82 Å². The van der Waals surface area contributed by atoms with Gasteiger partial charge in [-0.15, -0.1) is 0 Å². The molecule has 1 fully saturated rings. The Hall–Kier alpha value is -1.01. The maximum absolute atomic E-state index is 12.5. The summed E-state index contributed by atoms with van der Waals surface area (Å²) < 4.78 is 43.2. The van der Waals surface area contributed by atoms with Crippen LogP contribution in [-0.2, 0) is 10.9 Å². The van der Waals surface area contributed by atoms with E-state index >= 15 is 0 Å². The molecule has 0 aliphatic carbocycles. The molecule has 112 valence electrons. The molecule has 0 bridgehead atoms. The smallest absolute Gasteiger partial charge is 0.378 e. The van der Waals surface area contributed by atoms with Crippen molar-refractivity contribution in [2.24, 2.45) is 0 Å². The van der Waals surface area contributed by atoms with Gasteiger partial charge in [-0.25, -0.2) is 4.98 Å². The summed E-state index contributed by atoms with van der Waals surface area (Å²) in [6.45, 7) is 3.98. The fraction of sp³-hybridized carbons (Fsp3) is 0.615. The molecule has 3 nitrogen and oxygen atoms in total. The lowest BCUT2D eigenvalue weighted by Gasteiger charge is -2.33. The number of ether oxygens (including phenoxy) is 1. The summed E-state index contributed by atoms with van der Waals surface area (Å²) in [6.07, 6.45) is -1.73. The van der Waals surface area contributed by atoms with E-state index in [9.17, 15) is 13.2 Å². The number of aromatic nitrogens is 1. The number of hydrogen-bond donors (Lipinski definition) is 0. The zero-order chi connectivity index (χ0) is 14.8. The molecule has 0 radical (unpaired) electrons. The first-order chi connectivity index (χ1) is 9.41. The first-order valence-electron chi connectivity index (χ1n) is 6.51. The maximum atomic E-state index is 12.5. The van der Waals surface area contributed by atoms with Crippen molar-refractivity contribution in [2.45, 2.75) is 32.0 Å². The van der Waals surface area contributed by atoms with E-state index in [4.69, 9.17) is 16.3 Å². The van der Waals surface area contributed by atoms with Crippen LogP contribution < -0.4 is 4.90 Å². The Kier molecular flexibility index (Phi) is 4.75. The van der Waals surface area contributed by atoms with Crippen molar-refractivity contribution in [2.75, 3.05) is 24.6 Å². The molecule has 0 saturated carbocycles. The van der Waals surface area contributed by atoms with Gasteiger partial charge in [0.25, 0.3) is 0 Å². The molecule has 1 aromatic rings. The Labute approximate surface area is 120 Å². The zero-order valence-electron chi connectivity index (χ0n) is 11.1. The average molecular weight is 309 g/mol. The molecule has 0 unspecified atom stereocenters. The Bertz CT molecular complexity index is 459. The van der Waals surface area contributed by atoms with Crippen molar-refractivity contribution in [3.63, 3.8) is 0 Å². The van der Waals surface area contributed by atoms with Crippen molar-refractivity contribution in [1.82, 2.24) is 4.98 Å². The minimum absolute atomic E-state index is 0.0367. The molecule has 1 aliphatic heterocycles. The first-order valence-corrected chi connectivity index (χ1v) is 6.89. The summed E-state index contributed by atoms with van der Waals surface area (Å²) in [4.78, 5) is 5.77. The van der Waals surface area contributed by atoms with Crippen LogP contribution in [0, 0.1) is 0 Å². The predicted molar refractivity (Wildman–Crippen MR) is 71.1 cm³/mol. The van der Waals surface area contributed by atoms with E-state index < -0.39 is 11.7 Å². The number of anilines is 1. The molecule has 1 aliphatic rings. The largest absolute Gasteiger partial charge is 0.417 e. The Morgan fingerprint density at radius 1 is 1.40 bits per heavy atom. The van der Waals surface area contributed by atoms with E-state index in [0.29, 0.717) is 25.5 Å². The molecule has 2 rings (SSSR count). The van der Waals surface area contributed by atoms with E-state index in [1.165, 1.54) is 0 Å². The summed E-state index contributed by atoms with van der Waals surface area (Å²) in [6, 6.07) is 0.929. The van der Waals surface area contributed by atoms with E-state index in [-0.39, 0.29) is 11.1 Å². The molecule has 1 saturated heterocycles. The molecule has 7 heteroatoms. The molecule has 20 heavy (non-hydrogen) atoms. The van der Waals surface area contributed by atoms with Gasteiger partial charge in [-0.3, -0.25) is 0 Å². The average Bonchev–Trinajstić information content (AvgIpc) is 2.39. The Balaban J connectivity index is 2.07. The summed E-state index contributed by atoms with van der Waals surface area (Å²) in [7, 11) is 0. The highest BCUT2D eigenvalue weighted by Gasteiger charge is 2.32. The van der Waals surface area contributed by atoms with Gasteiger partial charge in [-0.1, -0.05) is 11.6 Å². The van der Waals surface area contributed by atoms with Crippen LogP contribution in [0.4, 0.5) is 19.0 Å². The second-order valence-electron chi connectivity index (χ2n) is 4.67. The third-order valence-corrected chi connectivity index (χ3v) is 3.57. The number of piperidine rings is 1. The molecule has 0 spiro atoms. The van der Waals surface area contributed by atoms with Gasteiger partial charge < -0.3 is 9.64 Å². The van der Waals surface area contributed by atoms with Crippen molar-refractivity contribution in [1.29, 1.82) is 0 Å². The number of rotatable bonds is 3. The second kappa shape index (κ2) is 6.18. The number of alkyl halides is 3. The van der Waals surface area contributed by atoms with Crippen LogP contribution in [0.2, 0.25) is 5.02 Å². The molecular weight excluding hydrogens is 293 g/mol. The van der Waals surface area contributed by atoms with Crippen molar-refractivity contribution < 1.29 is 17.9 Å². The standard InChI is InChI=1S/C13H16ClF3N2O/c1-2-20-10-3-5-19(6-4-10)12-11(14)7-9(8-18-12)13(15,16)17/h7-8,10H,2-6H2,1H3. The number of halogens is 4. The van der Waals surface area contributed by atoms with Crippen LogP contribution in [0.1, 0.15) is 25.3 Å². The van der Waals surface area contributed by atoms with Gasteiger partial charge in [0.05, 0.1) is 16.7 Å². The fourth-order valence-corrected chi connectivity index (χ4v) is 2.57. The molecule has 0 N–H and O–H groups in total. The summed E-state index contributed by atoms with van der Waals surface area (Å²) >= 11 is 5.93. The van der Waals surface area contributed by atoms with Gasteiger partial charge in [-0.05, 0) is 25.8 Å². The lowest BCUT2D eigenvalue weighted by molar-refractivity contribution is -0.137. The summed E-state index contributed by atoms with van der Waals surface area (Å²) in [5.74, 6) is 0.412. The Morgan fingerprint density at radius 3 is 2.55 bits per heavy atom. The zero-order valence-corrected chi connectivity index (χ0v) is 11.8. The van der Waals surface area contributed by atoms with Gasteiger partial charge in [0, 0.05) is 25.9 Å². The highest BCUT2D eigenvalue weighted by molar-refractivity contribution is 6.33. The topological polar surface area (TPSA) is 25.4 Å². The highest BCUT2D eigenvalue weighted by Crippen LogP contribution is 2.34. The predicted octanol–water partition coefficient (Wildman–Crippen LogP) is 3.76. The van der Waals surface area contributed by atoms with Gasteiger partial charge in [-0.2, -0.15) is 13.2 Å². The minimum atomic E-state index is -4.42. The minimum Gasteiger partial charge on any atom is -0.378 e. The van der Waals surface area contributed by atoms with E-state index in [1.807, 2.05) is 11.8 Å². The normalized spacial score (nSPS) is 17.6. The molecule has 2 heterocycles. The quantitative estimate of drug-likeness (QED) is 0.850.